The molecule has 3 aromatic rings. The third-order valence-electron chi connectivity index (χ3n) is 4.17. The molecule has 3 rings (SSSR count). The molecule has 0 aliphatic heterocycles. The average Bonchev–Trinajstić information content (AvgIpc) is 2.74. The largest absolute Gasteiger partial charge is 0.465 e. The Morgan fingerprint density at radius 2 is 1.86 bits per heavy atom. The van der Waals surface area contributed by atoms with Crippen molar-refractivity contribution in [2.45, 2.75) is 19.8 Å². The van der Waals surface area contributed by atoms with Crippen LogP contribution in [0.15, 0.2) is 60.7 Å². The van der Waals surface area contributed by atoms with Gasteiger partial charge in [-0.1, -0.05) is 49.7 Å². The first-order chi connectivity index (χ1) is 13.7. The molecule has 0 bridgehead atoms. The van der Waals surface area contributed by atoms with Gasteiger partial charge in [0.1, 0.15) is 5.82 Å². The van der Waals surface area contributed by atoms with Crippen LogP contribution in [0, 0.1) is 0 Å². The summed E-state index contributed by atoms with van der Waals surface area (Å²) < 4.78 is 4.78. The lowest BCUT2D eigenvalue weighted by molar-refractivity contribution is 0.0601. The van der Waals surface area contributed by atoms with Gasteiger partial charge in [0.05, 0.1) is 18.4 Å². The minimum absolute atomic E-state index is 0.385. The Kier molecular flexibility index (Phi) is 6.57. The van der Waals surface area contributed by atoms with Crippen LogP contribution >= 0.6 is 0 Å². The molecule has 2 aromatic carbocycles. The van der Waals surface area contributed by atoms with Crippen LogP contribution in [-0.4, -0.2) is 29.6 Å². The van der Waals surface area contributed by atoms with E-state index in [0.29, 0.717) is 17.2 Å². The highest BCUT2D eigenvalue weighted by molar-refractivity contribution is 5.90. The molecule has 0 spiro atoms. The normalized spacial score (nSPS) is 10.4. The number of nitrogens with one attached hydrogen (secondary N) is 2. The maximum Gasteiger partial charge on any atom is 0.337 e. The molecule has 0 fully saturated rings. The fourth-order valence-corrected chi connectivity index (χ4v) is 2.71. The molecule has 6 nitrogen and oxygen atoms in total. The van der Waals surface area contributed by atoms with Crippen LogP contribution in [0.3, 0.4) is 0 Å². The van der Waals surface area contributed by atoms with Gasteiger partial charge in [-0.15, -0.1) is 0 Å². The number of benzene rings is 2. The van der Waals surface area contributed by atoms with E-state index in [1.165, 1.54) is 7.11 Å². The molecule has 0 atom stereocenters. The Morgan fingerprint density at radius 3 is 2.61 bits per heavy atom. The van der Waals surface area contributed by atoms with E-state index in [0.717, 1.165) is 36.5 Å². The maximum absolute atomic E-state index is 11.8. The van der Waals surface area contributed by atoms with Crippen LogP contribution in [0.25, 0.3) is 11.3 Å². The topological polar surface area (TPSA) is 76.1 Å². The predicted molar refractivity (Wildman–Crippen MR) is 112 cm³/mol. The molecule has 0 aliphatic carbocycles. The predicted octanol–water partition coefficient (Wildman–Crippen LogP) is 4.89. The third-order valence-corrected chi connectivity index (χ3v) is 4.17. The van der Waals surface area contributed by atoms with Crippen LogP contribution in [0.2, 0.25) is 0 Å². The van der Waals surface area contributed by atoms with Crippen LogP contribution in [-0.2, 0) is 4.74 Å². The van der Waals surface area contributed by atoms with Crippen molar-refractivity contribution < 1.29 is 9.53 Å². The number of rotatable bonds is 8. The highest BCUT2D eigenvalue weighted by atomic mass is 16.5. The highest BCUT2D eigenvalue weighted by Gasteiger charge is 2.09. The number of anilines is 3. The van der Waals surface area contributed by atoms with Gasteiger partial charge in [0.15, 0.2) is 0 Å². The van der Waals surface area contributed by atoms with Gasteiger partial charge < -0.3 is 15.4 Å². The van der Waals surface area contributed by atoms with E-state index < -0.39 is 0 Å². The summed E-state index contributed by atoms with van der Waals surface area (Å²) in [4.78, 5) is 21.0. The molecule has 0 saturated carbocycles. The zero-order valence-corrected chi connectivity index (χ0v) is 16.1. The SMILES string of the molecule is CCCCNc1cc(-c2ccccc2)nc(Nc2cccc(C(=O)OC)c2)n1. The van der Waals surface area contributed by atoms with Crippen molar-refractivity contribution in [1.29, 1.82) is 0 Å². The van der Waals surface area contributed by atoms with Crippen LogP contribution in [0.1, 0.15) is 30.1 Å². The molecule has 0 amide bonds. The fraction of sp³-hybridized carbons (Fsp3) is 0.227. The van der Waals surface area contributed by atoms with Crippen molar-refractivity contribution in [2.24, 2.45) is 0 Å². The van der Waals surface area contributed by atoms with E-state index in [1.807, 2.05) is 42.5 Å². The Morgan fingerprint density at radius 1 is 1.04 bits per heavy atom. The summed E-state index contributed by atoms with van der Waals surface area (Å²) >= 11 is 0. The second kappa shape index (κ2) is 9.50. The van der Waals surface area contributed by atoms with Crippen molar-refractivity contribution >= 4 is 23.4 Å². The van der Waals surface area contributed by atoms with Crippen LogP contribution in [0.4, 0.5) is 17.5 Å². The lowest BCUT2D eigenvalue weighted by Crippen LogP contribution is -2.07. The number of aromatic nitrogens is 2. The maximum atomic E-state index is 11.8. The van der Waals surface area contributed by atoms with E-state index >= 15 is 0 Å². The molecule has 0 radical (unpaired) electrons. The first kappa shape index (κ1) is 19.4. The van der Waals surface area contributed by atoms with E-state index in [1.54, 1.807) is 18.2 Å². The zero-order valence-electron chi connectivity index (χ0n) is 16.1. The number of carbonyl (C=O) groups excluding carboxylic acids is 1. The number of carbonyl (C=O) groups is 1. The molecule has 1 heterocycles. The minimum atomic E-state index is -0.385. The summed E-state index contributed by atoms with van der Waals surface area (Å²) in [7, 11) is 1.36. The van der Waals surface area contributed by atoms with Crippen molar-refractivity contribution in [2.75, 3.05) is 24.3 Å². The molecule has 144 valence electrons. The second-order valence-corrected chi connectivity index (χ2v) is 6.31. The monoisotopic (exact) mass is 376 g/mol. The Hall–Kier alpha value is -3.41. The zero-order chi connectivity index (χ0) is 19.8. The van der Waals surface area contributed by atoms with Gasteiger partial charge in [0.2, 0.25) is 5.95 Å². The Bertz CT molecular complexity index is 929. The van der Waals surface area contributed by atoms with Gasteiger partial charge in [-0.25, -0.2) is 9.78 Å². The number of hydrogen-bond donors (Lipinski definition) is 2. The van der Waals surface area contributed by atoms with Gasteiger partial charge in [-0.05, 0) is 24.6 Å². The van der Waals surface area contributed by atoms with Gasteiger partial charge in [0, 0.05) is 23.9 Å². The first-order valence-corrected chi connectivity index (χ1v) is 9.33. The molecular formula is C22H24N4O2. The third kappa shape index (κ3) is 5.07. The Labute approximate surface area is 165 Å². The quantitative estimate of drug-likeness (QED) is 0.431. The standard InChI is InChI=1S/C22H24N4O2/c1-3-4-13-23-20-15-19(16-9-6-5-7-10-16)25-22(26-20)24-18-12-8-11-17(14-18)21(27)28-2/h5-12,14-15H,3-4,13H2,1-2H3,(H2,23,24,25,26). The lowest BCUT2D eigenvalue weighted by Gasteiger charge is -2.12. The first-order valence-electron chi connectivity index (χ1n) is 9.33. The van der Waals surface area contributed by atoms with Crippen LogP contribution in [0.5, 0.6) is 0 Å². The van der Waals surface area contributed by atoms with Crippen molar-refractivity contribution in [3.05, 3.63) is 66.2 Å². The Balaban J connectivity index is 1.91. The summed E-state index contributed by atoms with van der Waals surface area (Å²) in [6.45, 7) is 3.00. The summed E-state index contributed by atoms with van der Waals surface area (Å²) in [6, 6.07) is 19.0. The number of unbranched alkanes of at least 4 members (excludes halogenated alkanes) is 1. The van der Waals surface area contributed by atoms with Gasteiger partial charge in [-0.2, -0.15) is 4.98 Å². The summed E-state index contributed by atoms with van der Waals surface area (Å²) in [6.07, 6.45) is 2.17. The highest BCUT2D eigenvalue weighted by Crippen LogP contribution is 2.23. The molecular weight excluding hydrogens is 352 g/mol. The fourth-order valence-electron chi connectivity index (χ4n) is 2.71. The summed E-state index contributed by atoms with van der Waals surface area (Å²) in [5.41, 5.74) is 3.01. The van der Waals surface area contributed by atoms with E-state index in [-0.39, 0.29) is 5.97 Å². The molecule has 0 unspecified atom stereocenters. The number of ether oxygens (including phenoxy) is 1. The van der Waals surface area contributed by atoms with Gasteiger partial charge >= 0.3 is 5.97 Å². The number of methoxy groups -OCH3 is 1. The molecule has 1 aromatic heterocycles. The van der Waals surface area contributed by atoms with E-state index in [4.69, 9.17) is 4.74 Å². The second-order valence-electron chi connectivity index (χ2n) is 6.31. The van der Waals surface area contributed by atoms with E-state index in [2.05, 4.69) is 27.5 Å². The number of nitrogens with zero attached hydrogens (tertiary/aromatic N) is 2. The van der Waals surface area contributed by atoms with Gasteiger partial charge in [0.25, 0.3) is 0 Å². The molecule has 0 aliphatic rings. The number of esters is 1. The average molecular weight is 376 g/mol. The summed E-state index contributed by atoms with van der Waals surface area (Å²) in [5, 5.41) is 6.55. The lowest BCUT2D eigenvalue weighted by atomic mass is 10.1. The smallest absolute Gasteiger partial charge is 0.337 e. The minimum Gasteiger partial charge on any atom is -0.465 e. The number of hydrogen-bond acceptors (Lipinski definition) is 6. The molecule has 2 N–H and O–H groups in total. The molecule has 28 heavy (non-hydrogen) atoms. The van der Waals surface area contributed by atoms with Crippen molar-refractivity contribution in [3.63, 3.8) is 0 Å². The molecule has 6 heteroatoms. The molecule has 0 saturated heterocycles. The van der Waals surface area contributed by atoms with Crippen molar-refractivity contribution in [3.8, 4) is 11.3 Å². The van der Waals surface area contributed by atoms with Gasteiger partial charge in [-0.3, -0.25) is 0 Å². The van der Waals surface area contributed by atoms with E-state index in [9.17, 15) is 4.79 Å². The van der Waals surface area contributed by atoms with Crippen molar-refractivity contribution in [1.82, 2.24) is 9.97 Å². The van der Waals surface area contributed by atoms with Crippen LogP contribution < -0.4 is 10.6 Å². The summed E-state index contributed by atoms with van der Waals surface area (Å²) in [5.74, 6) is 0.834.